The molecule has 8 nitrogen and oxygen atoms in total. The van der Waals surface area contributed by atoms with Gasteiger partial charge >= 0.3 is 0 Å². The summed E-state index contributed by atoms with van der Waals surface area (Å²) in [6.07, 6.45) is 0. The summed E-state index contributed by atoms with van der Waals surface area (Å²) < 4.78 is 23.3. The lowest BCUT2D eigenvalue weighted by atomic mass is 10.0. The first-order valence-corrected chi connectivity index (χ1v) is 27.0. The lowest BCUT2D eigenvalue weighted by Crippen LogP contribution is -2.14. The van der Waals surface area contributed by atoms with Crippen molar-refractivity contribution in [3.63, 3.8) is 0 Å². The van der Waals surface area contributed by atoms with Crippen molar-refractivity contribution < 1.29 is 8.83 Å². The van der Waals surface area contributed by atoms with Crippen molar-refractivity contribution in [2.45, 2.75) is 27.7 Å². The number of aryl methyl sites for hydroxylation is 4. The third-order valence-corrected chi connectivity index (χ3v) is 17.0. The number of benzene rings is 11. The molecule has 80 heavy (non-hydrogen) atoms. The minimum absolute atomic E-state index is 0.297. The van der Waals surface area contributed by atoms with Crippen molar-refractivity contribution in [3.05, 3.63) is 233 Å². The van der Waals surface area contributed by atoms with Crippen molar-refractivity contribution in [1.82, 2.24) is 18.3 Å². The van der Waals surface area contributed by atoms with Gasteiger partial charge in [-0.25, -0.2) is 4.85 Å². The molecule has 0 N–H and O–H groups in total. The van der Waals surface area contributed by atoms with E-state index in [2.05, 4.69) is 210 Å². The Hall–Kier alpha value is -10.8. The molecule has 11 aromatic carbocycles. The highest BCUT2D eigenvalue weighted by atomic mass is 16.3. The second-order valence-electron chi connectivity index (χ2n) is 21.7. The zero-order valence-electron chi connectivity index (χ0n) is 44.0. The smallest absolute Gasteiger partial charge is 0.237 e. The fraction of sp³-hybridized carbons (Fsp3) is 0.0556. The Labute approximate surface area is 456 Å². The minimum Gasteiger partial charge on any atom is -0.454 e. The molecule has 0 atom stereocenters. The zero-order chi connectivity index (χ0) is 53.4. The molecule has 0 fully saturated rings. The van der Waals surface area contributed by atoms with Gasteiger partial charge in [0.2, 0.25) is 5.69 Å². The van der Waals surface area contributed by atoms with Gasteiger partial charge in [-0.1, -0.05) is 131 Å². The van der Waals surface area contributed by atoms with E-state index in [0.717, 1.165) is 142 Å². The number of furan rings is 2. The molecule has 6 aromatic heterocycles. The number of nitrogens with zero attached hydrogens (tertiary/aromatic N) is 6. The molecule has 0 saturated heterocycles. The SMILES string of the molecule is [C-]#[N+]c1c(-n2c3ccc(C)cc3c3cc(C)ccc32)c(-n2c3ccccc3c3ccc4c5ccccc5oc4c32)c(-n2c3ccc(C)cc3c3cc(C)ccc32)c(C#N)c1-n1c2ccccc2c2ccc3c4ccccc4oc3c21. The zero-order valence-corrected chi connectivity index (χ0v) is 44.0. The quantitative estimate of drug-likeness (QED) is 0.165. The van der Waals surface area contributed by atoms with E-state index in [9.17, 15) is 11.8 Å². The van der Waals surface area contributed by atoms with Gasteiger partial charge in [0.1, 0.15) is 17.2 Å². The summed E-state index contributed by atoms with van der Waals surface area (Å²) in [4.78, 5) is 4.85. The first-order valence-electron chi connectivity index (χ1n) is 27.0. The van der Waals surface area contributed by atoms with Crippen LogP contribution in [0.5, 0.6) is 0 Å². The van der Waals surface area contributed by atoms with E-state index in [1.165, 1.54) is 0 Å². The van der Waals surface area contributed by atoms with Crippen LogP contribution >= 0.6 is 0 Å². The number of para-hydroxylation sites is 4. The highest BCUT2D eigenvalue weighted by Gasteiger charge is 2.36. The summed E-state index contributed by atoms with van der Waals surface area (Å²) in [5, 5.41) is 24.8. The molecule has 0 spiro atoms. The molecule has 0 aliphatic heterocycles. The molecule has 0 unspecified atom stereocenters. The molecule has 0 aliphatic carbocycles. The lowest BCUT2D eigenvalue weighted by molar-refractivity contribution is 0.670. The fourth-order valence-electron chi connectivity index (χ4n) is 13.7. The van der Waals surface area contributed by atoms with E-state index in [1.54, 1.807) is 0 Å². The standard InChI is InChI=1S/C72H44N6O2/c1-39-22-30-58-51(34-39)52-35-40(2)23-31-59(52)75(58)66-55(38-73)65(77-56-18-10-6-14-43(56)47-26-28-49-45-16-8-12-20-62(45)79-71(49)67(47)77)64(74-5)69(76-60-32-24-41(3)36-53(60)54-37-42(4)25-33-61(54)76)70(66)78-57-19-11-7-15-44(57)48-27-29-50-46-17-9-13-21-63(46)80-72(50)68(48)78/h6-37H,1-4H3. The molecule has 17 rings (SSSR count). The molecular formula is C72H44N6O2. The maximum absolute atomic E-state index is 12.8. The molecular weight excluding hydrogens is 981 g/mol. The molecule has 0 radical (unpaired) electrons. The number of hydrogen-bond acceptors (Lipinski definition) is 3. The van der Waals surface area contributed by atoms with Crippen molar-refractivity contribution in [3.8, 4) is 28.8 Å². The van der Waals surface area contributed by atoms with Gasteiger partial charge < -0.3 is 27.1 Å². The third kappa shape index (κ3) is 5.71. The predicted octanol–water partition coefficient (Wildman–Crippen LogP) is 19.5. The van der Waals surface area contributed by atoms with Gasteiger partial charge in [-0.15, -0.1) is 0 Å². The molecule has 17 aromatic rings. The third-order valence-electron chi connectivity index (χ3n) is 17.0. The van der Waals surface area contributed by atoms with Crippen molar-refractivity contribution in [2.75, 3.05) is 0 Å². The summed E-state index contributed by atoms with van der Waals surface area (Å²) in [6, 6.07) is 71.3. The van der Waals surface area contributed by atoms with Crippen LogP contribution in [-0.2, 0) is 0 Å². The van der Waals surface area contributed by atoms with Gasteiger partial charge in [0.05, 0.1) is 79.0 Å². The van der Waals surface area contributed by atoms with Crippen LogP contribution in [0.25, 0.3) is 159 Å². The van der Waals surface area contributed by atoms with Gasteiger partial charge in [0.15, 0.2) is 11.2 Å². The average molecular weight is 1030 g/mol. The summed E-state index contributed by atoms with van der Waals surface area (Å²) in [6.45, 7) is 18.5. The van der Waals surface area contributed by atoms with E-state index >= 15 is 0 Å². The number of aromatic nitrogens is 4. The monoisotopic (exact) mass is 1020 g/mol. The van der Waals surface area contributed by atoms with Gasteiger partial charge in [-0.05, 0) is 113 Å². The maximum Gasteiger partial charge on any atom is 0.237 e. The van der Waals surface area contributed by atoms with Crippen LogP contribution in [0.2, 0.25) is 0 Å². The summed E-state index contributed by atoms with van der Waals surface area (Å²) in [5.41, 5.74) is 17.4. The van der Waals surface area contributed by atoms with Crippen molar-refractivity contribution in [2.24, 2.45) is 0 Å². The normalized spacial score (nSPS) is 12.2. The fourth-order valence-corrected chi connectivity index (χ4v) is 13.7. The van der Waals surface area contributed by atoms with E-state index in [4.69, 9.17) is 13.7 Å². The molecule has 0 saturated carbocycles. The minimum atomic E-state index is 0.297. The van der Waals surface area contributed by atoms with E-state index in [0.29, 0.717) is 45.2 Å². The second kappa shape index (κ2) is 15.9. The van der Waals surface area contributed by atoms with Gasteiger partial charge in [-0.2, -0.15) is 5.26 Å². The Morgan fingerprint density at radius 1 is 0.350 bits per heavy atom. The first kappa shape index (κ1) is 44.3. The van der Waals surface area contributed by atoms with Crippen LogP contribution in [0.15, 0.2) is 203 Å². The topological polar surface area (TPSA) is 74.2 Å². The predicted molar refractivity (Wildman–Crippen MR) is 328 cm³/mol. The molecule has 0 amide bonds. The van der Waals surface area contributed by atoms with Gasteiger partial charge in [-0.3, -0.25) is 0 Å². The molecule has 8 heteroatoms. The first-order chi connectivity index (χ1) is 39.3. The number of nitriles is 1. The molecule has 0 aliphatic rings. The number of hydrogen-bond donors (Lipinski definition) is 0. The largest absolute Gasteiger partial charge is 0.454 e. The number of fused-ring (bicyclic) bond motifs is 20. The summed E-state index contributed by atoms with van der Waals surface area (Å²) >= 11 is 0. The van der Waals surface area contributed by atoms with Crippen molar-refractivity contribution in [1.29, 1.82) is 5.26 Å². The Morgan fingerprint density at radius 2 is 0.713 bits per heavy atom. The van der Waals surface area contributed by atoms with Crippen LogP contribution in [-0.4, -0.2) is 18.3 Å². The van der Waals surface area contributed by atoms with E-state index in [-0.39, 0.29) is 0 Å². The Kier molecular flexibility index (Phi) is 8.81. The van der Waals surface area contributed by atoms with E-state index < -0.39 is 0 Å². The second-order valence-corrected chi connectivity index (χ2v) is 21.7. The van der Waals surface area contributed by atoms with Crippen LogP contribution in [0.4, 0.5) is 5.69 Å². The summed E-state index contributed by atoms with van der Waals surface area (Å²) in [7, 11) is 0. The molecule has 374 valence electrons. The van der Waals surface area contributed by atoms with Crippen LogP contribution < -0.4 is 0 Å². The van der Waals surface area contributed by atoms with Gasteiger partial charge in [0.25, 0.3) is 0 Å². The van der Waals surface area contributed by atoms with E-state index in [1.807, 2.05) is 36.4 Å². The Bertz CT molecular complexity index is 5470. The summed E-state index contributed by atoms with van der Waals surface area (Å²) in [5.74, 6) is 0. The number of rotatable bonds is 4. The average Bonchev–Trinajstić information content (AvgIpc) is 4.15. The van der Waals surface area contributed by atoms with Crippen LogP contribution in [0.1, 0.15) is 27.8 Å². The van der Waals surface area contributed by atoms with Crippen LogP contribution in [0, 0.1) is 45.6 Å². The lowest BCUT2D eigenvalue weighted by Gasteiger charge is -2.27. The van der Waals surface area contributed by atoms with Crippen LogP contribution in [0.3, 0.4) is 0 Å². The molecule has 6 heterocycles. The van der Waals surface area contributed by atoms with Gasteiger partial charge in [0, 0.05) is 64.6 Å². The highest BCUT2D eigenvalue weighted by Crippen LogP contribution is 2.53. The highest BCUT2D eigenvalue weighted by molar-refractivity contribution is 6.25. The Balaban J connectivity index is 1.22. The maximum atomic E-state index is 12.8. The Morgan fingerprint density at radius 3 is 1.14 bits per heavy atom. The van der Waals surface area contributed by atoms with Crippen molar-refractivity contribution >= 4 is 137 Å². The molecule has 0 bridgehead atoms.